The maximum absolute atomic E-state index is 12.7. The molecule has 0 radical (unpaired) electrons. The lowest BCUT2D eigenvalue weighted by Gasteiger charge is -2.16. The van der Waals surface area contributed by atoms with Crippen LogP contribution in [0.25, 0.3) is 0 Å². The van der Waals surface area contributed by atoms with Crippen molar-refractivity contribution in [2.75, 3.05) is 10.6 Å². The zero-order chi connectivity index (χ0) is 23.3. The first-order valence-electron chi connectivity index (χ1n) is 10.1. The highest BCUT2D eigenvalue weighted by Crippen LogP contribution is 2.37. The predicted molar refractivity (Wildman–Crippen MR) is 122 cm³/mol. The fraction of sp³-hybridized carbons (Fsp3) is 0.160. The van der Waals surface area contributed by atoms with Crippen LogP contribution in [0.15, 0.2) is 66.7 Å². The Morgan fingerprint density at radius 2 is 1.44 bits per heavy atom. The van der Waals surface area contributed by atoms with E-state index in [1.54, 1.807) is 68.4 Å². The van der Waals surface area contributed by atoms with Crippen LogP contribution in [0.2, 0.25) is 0 Å². The minimum Gasteiger partial charge on any atom is -0.504 e. The van der Waals surface area contributed by atoms with Crippen molar-refractivity contribution in [3.63, 3.8) is 0 Å². The molecule has 0 atom stereocenters. The normalized spacial score (nSPS) is 10.5. The number of phenolic OH excluding ortho intramolecular Hbond substituents is 1. The number of aryl methyl sites for hydroxylation is 1. The molecule has 0 saturated heterocycles. The summed E-state index contributed by atoms with van der Waals surface area (Å²) in [6.45, 7) is 5.30. The van der Waals surface area contributed by atoms with Crippen LogP contribution >= 0.6 is 0 Å². The number of anilines is 2. The van der Waals surface area contributed by atoms with Gasteiger partial charge in [0.15, 0.2) is 5.75 Å². The number of nitrogens with one attached hydrogen (secondary N) is 2. The molecule has 0 unspecified atom stereocenters. The zero-order valence-electron chi connectivity index (χ0n) is 18.0. The van der Waals surface area contributed by atoms with Crippen LogP contribution < -0.4 is 15.4 Å². The van der Waals surface area contributed by atoms with E-state index in [0.717, 1.165) is 5.56 Å². The fourth-order valence-corrected chi connectivity index (χ4v) is 2.77. The molecule has 7 heteroatoms. The van der Waals surface area contributed by atoms with Crippen molar-refractivity contribution in [3.8, 4) is 11.5 Å². The Labute approximate surface area is 186 Å². The third-order valence-electron chi connectivity index (χ3n) is 4.65. The minimum absolute atomic E-state index is 0.00649. The molecule has 3 N–H and O–H groups in total. The fourth-order valence-electron chi connectivity index (χ4n) is 2.77. The van der Waals surface area contributed by atoms with Gasteiger partial charge in [-0.2, -0.15) is 0 Å². The second-order valence-electron chi connectivity index (χ2n) is 7.59. The van der Waals surface area contributed by atoms with Crippen molar-refractivity contribution in [1.82, 2.24) is 0 Å². The van der Waals surface area contributed by atoms with Gasteiger partial charge in [-0.05, 0) is 31.2 Å². The first kappa shape index (κ1) is 22.6. The van der Waals surface area contributed by atoms with Gasteiger partial charge >= 0.3 is 5.97 Å². The molecule has 0 aliphatic heterocycles. The van der Waals surface area contributed by atoms with Crippen molar-refractivity contribution in [2.45, 2.75) is 20.8 Å². The highest BCUT2D eigenvalue weighted by atomic mass is 16.5. The largest absolute Gasteiger partial charge is 0.504 e. The van der Waals surface area contributed by atoms with Crippen LogP contribution in [-0.4, -0.2) is 22.9 Å². The number of hydrogen-bond acceptors (Lipinski definition) is 5. The molecule has 164 valence electrons. The van der Waals surface area contributed by atoms with Crippen LogP contribution in [0.3, 0.4) is 0 Å². The van der Waals surface area contributed by atoms with E-state index in [1.807, 2.05) is 6.92 Å². The molecule has 32 heavy (non-hydrogen) atoms. The molecule has 3 rings (SSSR count). The van der Waals surface area contributed by atoms with Gasteiger partial charge in [0, 0.05) is 23.6 Å². The lowest BCUT2D eigenvalue weighted by molar-refractivity contribution is -0.118. The maximum Gasteiger partial charge on any atom is 0.343 e. The second-order valence-corrected chi connectivity index (χ2v) is 7.59. The Kier molecular flexibility index (Phi) is 6.90. The summed E-state index contributed by atoms with van der Waals surface area (Å²) in [5, 5.41) is 15.9. The maximum atomic E-state index is 12.7. The average molecular weight is 432 g/mol. The summed E-state index contributed by atoms with van der Waals surface area (Å²) >= 11 is 0. The SMILES string of the molecule is Cc1ccc(C(=O)Nc2cc(OC(=O)c3ccccc3)cc(NC(=O)C(C)C)c2O)cc1. The molecule has 2 amide bonds. The molecule has 0 bridgehead atoms. The lowest BCUT2D eigenvalue weighted by Crippen LogP contribution is -2.19. The van der Waals surface area contributed by atoms with Crippen LogP contribution in [0, 0.1) is 12.8 Å². The Hall–Kier alpha value is -4.13. The number of esters is 1. The van der Waals surface area contributed by atoms with Gasteiger partial charge in [-0.3, -0.25) is 9.59 Å². The smallest absolute Gasteiger partial charge is 0.343 e. The first-order valence-corrected chi connectivity index (χ1v) is 10.1. The van der Waals surface area contributed by atoms with E-state index in [-0.39, 0.29) is 34.7 Å². The van der Waals surface area contributed by atoms with E-state index in [4.69, 9.17) is 4.74 Å². The van der Waals surface area contributed by atoms with E-state index in [0.29, 0.717) is 11.1 Å². The summed E-state index contributed by atoms with van der Waals surface area (Å²) in [5.74, 6) is -2.08. The second kappa shape index (κ2) is 9.78. The van der Waals surface area contributed by atoms with Gasteiger partial charge in [-0.15, -0.1) is 0 Å². The van der Waals surface area contributed by atoms with E-state index >= 15 is 0 Å². The van der Waals surface area contributed by atoms with Crippen LogP contribution in [-0.2, 0) is 4.79 Å². The average Bonchev–Trinajstić information content (AvgIpc) is 2.77. The van der Waals surface area contributed by atoms with Gasteiger partial charge < -0.3 is 20.5 Å². The number of hydrogen-bond donors (Lipinski definition) is 3. The van der Waals surface area contributed by atoms with Crippen LogP contribution in [0.4, 0.5) is 11.4 Å². The molecule has 0 aromatic heterocycles. The molecule has 0 spiro atoms. The van der Waals surface area contributed by atoms with Gasteiger partial charge in [0.25, 0.3) is 5.91 Å². The summed E-state index contributed by atoms with van der Waals surface area (Å²) in [5.41, 5.74) is 1.72. The Morgan fingerprint density at radius 1 is 0.844 bits per heavy atom. The molecular formula is C25H24N2O5. The summed E-state index contributed by atoms with van der Waals surface area (Å²) in [6, 6.07) is 17.9. The standard InChI is InChI=1S/C25H24N2O5/c1-15(2)23(29)26-20-13-19(32-25(31)18-7-5-4-6-8-18)14-21(22(20)28)27-24(30)17-11-9-16(3)10-12-17/h4-15,28H,1-3H3,(H,26,29)(H,27,30). The number of aromatic hydroxyl groups is 1. The predicted octanol–water partition coefficient (Wildman–Crippen LogP) is 4.77. The monoisotopic (exact) mass is 432 g/mol. The van der Waals surface area contributed by atoms with Gasteiger partial charge in [-0.1, -0.05) is 49.7 Å². The third kappa shape index (κ3) is 5.51. The van der Waals surface area contributed by atoms with Gasteiger partial charge in [0.2, 0.25) is 5.91 Å². The van der Waals surface area contributed by atoms with E-state index in [9.17, 15) is 19.5 Å². The number of benzene rings is 3. The van der Waals surface area contributed by atoms with Crippen LogP contribution in [0.1, 0.15) is 40.1 Å². The summed E-state index contributed by atoms with van der Waals surface area (Å²) < 4.78 is 5.43. The molecule has 0 saturated carbocycles. The van der Waals surface area contributed by atoms with Gasteiger partial charge in [-0.25, -0.2) is 4.79 Å². The van der Waals surface area contributed by atoms with Crippen molar-refractivity contribution in [2.24, 2.45) is 5.92 Å². The molecule has 7 nitrogen and oxygen atoms in total. The van der Waals surface area contributed by atoms with E-state index in [1.165, 1.54) is 12.1 Å². The first-order chi connectivity index (χ1) is 15.2. The molecule has 0 fully saturated rings. The summed E-state index contributed by atoms with van der Waals surface area (Å²) in [4.78, 5) is 37.3. The Balaban J connectivity index is 1.94. The number of carbonyl (C=O) groups excluding carboxylic acids is 3. The molecular weight excluding hydrogens is 408 g/mol. The molecule has 0 aliphatic carbocycles. The van der Waals surface area contributed by atoms with Crippen molar-refractivity contribution in [1.29, 1.82) is 0 Å². The number of carbonyl (C=O) groups is 3. The minimum atomic E-state index is -0.617. The summed E-state index contributed by atoms with van der Waals surface area (Å²) in [6.07, 6.45) is 0. The quantitative estimate of drug-likeness (QED) is 0.296. The zero-order valence-corrected chi connectivity index (χ0v) is 18.0. The molecule has 0 aliphatic rings. The number of amides is 2. The molecule has 3 aromatic rings. The summed E-state index contributed by atoms with van der Waals surface area (Å²) in [7, 11) is 0. The molecule has 0 heterocycles. The van der Waals surface area contributed by atoms with Crippen LogP contribution in [0.5, 0.6) is 11.5 Å². The van der Waals surface area contributed by atoms with Crippen molar-refractivity contribution in [3.05, 3.63) is 83.4 Å². The molecule has 3 aromatic carbocycles. The topological polar surface area (TPSA) is 105 Å². The Morgan fingerprint density at radius 3 is 2.03 bits per heavy atom. The van der Waals surface area contributed by atoms with Crippen molar-refractivity contribution >= 4 is 29.2 Å². The van der Waals surface area contributed by atoms with Gasteiger partial charge in [0.1, 0.15) is 5.75 Å². The number of phenols is 1. The highest BCUT2D eigenvalue weighted by molar-refractivity contribution is 6.06. The number of rotatable bonds is 6. The third-order valence-corrected chi connectivity index (χ3v) is 4.65. The Bertz CT molecular complexity index is 1140. The lowest BCUT2D eigenvalue weighted by atomic mass is 10.1. The van der Waals surface area contributed by atoms with Crippen molar-refractivity contribution < 1.29 is 24.2 Å². The van der Waals surface area contributed by atoms with E-state index in [2.05, 4.69) is 10.6 Å². The van der Waals surface area contributed by atoms with Gasteiger partial charge in [0.05, 0.1) is 16.9 Å². The highest BCUT2D eigenvalue weighted by Gasteiger charge is 2.19. The number of ether oxygens (including phenoxy) is 1. The van der Waals surface area contributed by atoms with E-state index < -0.39 is 11.9 Å².